The van der Waals surface area contributed by atoms with E-state index < -0.39 is 5.97 Å². The average molecular weight is 460 g/mol. The third kappa shape index (κ3) is 5.33. The van der Waals surface area contributed by atoms with E-state index in [0.29, 0.717) is 17.2 Å². The van der Waals surface area contributed by atoms with E-state index in [4.69, 9.17) is 14.7 Å². The first kappa shape index (κ1) is 23.2. The van der Waals surface area contributed by atoms with Gasteiger partial charge in [-0.2, -0.15) is 10.1 Å². The molecular weight excluding hydrogens is 430 g/mol. The van der Waals surface area contributed by atoms with Crippen molar-refractivity contribution in [2.75, 3.05) is 18.0 Å². The number of benzene rings is 2. The van der Waals surface area contributed by atoms with E-state index in [2.05, 4.69) is 23.8 Å². The Morgan fingerprint density at radius 1 is 1.00 bits per heavy atom. The lowest BCUT2D eigenvalue weighted by Crippen LogP contribution is -2.27. The first-order valence-electron chi connectivity index (χ1n) is 11.7. The fourth-order valence-corrected chi connectivity index (χ4v) is 3.68. The molecule has 34 heavy (non-hydrogen) atoms. The lowest BCUT2D eigenvalue weighted by molar-refractivity contribution is 0.0697. The summed E-state index contributed by atoms with van der Waals surface area (Å²) in [5, 5.41) is 14.4. The summed E-state index contributed by atoms with van der Waals surface area (Å²) < 4.78 is 7.44. The molecular formula is C26H29N5O3. The smallest absolute Gasteiger partial charge is 0.338 e. The van der Waals surface area contributed by atoms with E-state index in [0.717, 1.165) is 55.7 Å². The van der Waals surface area contributed by atoms with Gasteiger partial charge in [-0.15, -0.1) is 0 Å². The maximum absolute atomic E-state index is 11.4. The van der Waals surface area contributed by atoms with Crippen molar-refractivity contribution >= 4 is 22.7 Å². The molecule has 0 aliphatic carbocycles. The summed E-state index contributed by atoms with van der Waals surface area (Å²) in [6, 6.07) is 15.4. The van der Waals surface area contributed by atoms with Crippen LogP contribution in [0.5, 0.6) is 11.5 Å². The van der Waals surface area contributed by atoms with Crippen LogP contribution >= 0.6 is 0 Å². The number of rotatable bonds is 11. The number of para-hydroxylation sites is 1. The molecule has 2 heterocycles. The summed E-state index contributed by atoms with van der Waals surface area (Å²) in [4.78, 5) is 23.2. The highest BCUT2D eigenvalue weighted by atomic mass is 16.5. The number of nitrogens with zero attached hydrogens (tertiary/aromatic N) is 5. The SMILES string of the molecule is CCCCN(CCCC)c1nc(-n2cc(C(=O)O)cn2)nc2cc(Oc3ccccc3)ccc12. The number of fused-ring (bicyclic) bond motifs is 1. The van der Waals surface area contributed by atoms with Gasteiger partial charge in [-0.05, 0) is 37.1 Å². The van der Waals surface area contributed by atoms with Crippen molar-refractivity contribution in [2.24, 2.45) is 0 Å². The van der Waals surface area contributed by atoms with Crippen molar-refractivity contribution in [1.29, 1.82) is 0 Å². The number of unbranched alkanes of at least 4 members (excludes halogenated alkanes) is 2. The molecule has 0 amide bonds. The van der Waals surface area contributed by atoms with Crippen LogP contribution in [0.1, 0.15) is 49.9 Å². The minimum absolute atomic E-state index is 0.0835. The molecule has 0 aliphatic heterocycles. The number of carbonyl (C=O) groups is 1. The normalized spacial score (nSPS) is 11.0. The minimum atomic E-state index is -1.04. The van der Waals surface area contributed by atoms with Gasteiger partial charge in [-0.25, -0.2) is 14.5 Å². The molecule has 176 valence electrons. The maximum atomic E-state index is 11.4. The van der Waals surface area contributed by atoms with Crippen molar-refractivity contribution < 1.29 is 14.6 Å². The molecule has 0 unspecified atom stereocenters. The number of aromatic carboxylic acids is 1. The van der Waals surface area contributed by atoms with Crippen LogP contribution in [-0.4, -0.2) is 43.9 Å². The molecule has 0 saturated carbocycles. The fourth-order valence-electron chi connectivity index (χ4n) is 3.68. The van der Waals surface area contributed by atoms with Gasteiger partial charge in [0, 0.05) is 30.7 Å². The monoisotopic (exact) mass is 459 g/mol. The van der Waals surface area contributed by atoms with Gasteiger partial charge in [-0.1, -0.05) is 44.9 Å². The second-order valence-corrected chi connectivity index (χ2v) is 8.11. The number of aromatic nitrogens is 4. The molecule has 8 nitrogen and oxygen atoms in total. The van der Waals surface area contributed by atoms with Gasteiger partial charge in [0.05, 0.1) is 17.3 Å². The van der Waals surface area contributed by atoms with E-state index in [1.54, 1.807) is 0 Å². The summed E-state index contributed by atoms with van der Waals surface area (Å²) >= 11 is 0. The predicted molar refractivity (Wildman–Crippen MR) is 132 cm³/mol. The fraction of sp³-hybridized carbons (Fsp3) is 0.308. The molecule has 2 aromatic carbocycles. The number of ether oxygens (including phenoxy) is 1. The van der Waals surface area contributed by atoms with Gasteiger partial charge in [-0.3, -0.25) is 0 Å². The van der Waals surface area contributed by atoms with Crippen LogP contribution in [0.4, 0.5) is 5.82 Å². The average Bonchev–Trinajstić information content (AvgIpc) is 3.35. The molecule has 0 atom stereocenters. The van der Waals surface area contributed by atoms with E-state index in [9.17, 15) is 9.90 Å². The quantitative estimate of drug-likeness (QED) is 0.307. The molecule has 4 rings (SSSR count). The Kier molecular flexibility index (Phi) is 7.37. The molecule has 0 spiro atoms. The molecule has 0 saturated heterocycles. The Bertz CT molecular complexity index is 1250. The lowest BCUT2D eigenvalue weighted by atomic mass is 10.2. The summed E-state index contributed by atoms with van der Waals surface area (Å²) in [6.07, 6.45) is 6.98. The molecule has 2 aromatic heterocycles. The Labute approximate surface area is 198 Å². The van der Waals surface area contributed by atoms with Gasteiger partial charge in [0.1, 0.15) is 17.3 Å². The first-order chi connectivity index (χ1) is 16.6. The van der Waals surface area contributed by atoms with Crippen LogP contribution in [0.25, 0.3) is 16.9 Å². The molecule has 8 heteroatoms. The van der Waals surface area contributed by atoms with E-state index in [-0.39, 0.29) is 5.56 Å². The summed E-state index contributed by atoms with van der Waals surface area (Å²) in [5.74, 6) is 1.50. The van der Waals surface area contributed by atoms with Crippen LogP contribution in [0.15, 0.2) is 60.9 Å². The number of carboxylic acid groups (broad SMARTS) is 1. The van der Waals surface area contributed by atoms with Crippen LogP contribution in [0.2, 0.25) is 0 Å². The summed E-state index contributed by atoms with van der Waals surface area (Å²) in [5.41, 5.74) is 0.791. The van der Waals surface area contributed by atoms with E-state index in [1.807, 2.05) is 48.5 Å². The van der Waals surface area contributed by atoms with Gasteiger partial charge in [0.25, 0.3) is 5.95 Å². The highest BCUT2D eigenvalue weighted by Crippen LogP contribution is 2.30. The van der Waals surface area contributed by atoms with Crippen LogP contribution in [0.3, 0.4) is 0 Å². The van der Waals surface area contributed by atoms with Crippen molar-refractivity contribution in [1.82, 2.24) is 19.7 Å². The third-order valence-corrected chi connectivity index (χ3v) is 5.51. The Hall–Kier alpha value is -3.94. The van der Waals surface area contributed by atoms with Gasteiger partial charge < -0.3 is 14.7 Å². The second-order valence-electron chi connectivity index (χ2n) is 8.11. The largest absolute Gasteiger partial charge is 0.478 e. The van der Waals surface area contributed by atoms with Crippen molar-refractivity contribution in [3.63, 3.8) is 0 Å². The van der Waals surface area contributed by atoms with Crippen molar-refractivity contribution in [3.05, 3.63) is 66.5 Å². The number of hydrogen-bond acceptors (Lipinski definition) is 6. The Morgan fingerprint density at radius 2 is 1.74 bits per heavy atom. The topological polar surface area (TPSA) is 93.4 Å². The standard InChI is InChI=1S/C26H29N5O3/c1-3-5-14-30(15-6-4-2)24-22-13-12-21(34-20-10-8-7-9-11-20)16-23(22)28-26(29-24)31-18-19(17-27-31)25(32)33/h7-13,16-18H,3-6,14-15H2,1-2H3,(H,32,33). The highest BCUT2D eigenvalue weighted by molar-refractivity contribution is 5.91. The number of hydrogen-bond donors (Lipinski definition) is 1. The molecule has 0 fully saturated rings. The van der Waals surface area contributed by atoms with Crippen LogP contribution in [0, 0.1) is 0 Å². The molecule has 0 aliphatic rings. The summed E-state index contributed by atoms with van der Waals surface area (Å²) in [7, 11) is 0. The second kappa shape index (κ2) is 10.8. The Morgan fingerprint density at radius 3 is 2.38 bits per heavy atom. The van der Waals surface area contributed by atoms with Crippen molar-refractivity contribution in [3.8, 4) is 17.4 Å². The zero-order valence-corrected chi connectivity index (χ0v) is 19.5. The van der Waals surface area contributed by atoms with E-state index >= 15 is 0 Å². The zero-order chi connectivity index (χ0) is 23.9. The van der Waals surface area contributed by atoms with Crippen molar-refractivity contribution in [2.45, 2.75) is 39.5 Å². The third-order valence-electron chi connectivity index (χ3n) is 5.51. The summed E-state index contributed by atoms with van der Waals surface area (Å²) in [6.45, 7) is 6.10. The van der Waals surface area contributed by atoms with Gasteiger partial charge in [0.15, 0.2) is 0 Å². The molecule has 0 radical (unpaired) electrons. The van der Waals surface area contributed by atoms with Gasteiger partial charge in [0.2, 0.25) is 0 Å². The minimum Gasteiger partial charge on any atom is -0.478 e. The van der Waals surface area contributed by atoms with E-state index in [1.165, 1.54) is 17.1 Å². The number of anilines is 1. The van der Waals surface area contributed by atoms with Crippen LogP contribution in [-0.2, 0) is 0 Å². The predicted octanol–water partition coefficient (Wildman–Crippen LogP) is 5.71. The molecule has 0 bridgehead atoms. The molecule has 4 aromatic rings. The first-order valence-corrected chi connectivity index (χ1v) is 11.7. The van der Waals surface area contributed by atoms with Crippen LogP contribution < -0.4 is 9.64 Å². The number of carboxylic acids is 1. The lowest BCUT2D eigenvalue weighted by Gasteiger charge is -2.25. The molecule has 1 N–H and O–H groups in total. The Balaban J connectivity index is 1.81. The maximum Gasteiger partial charge on any atom is 0.338 e. The highest BCUT2D eigenvalue weighted by Gasteiger charge is 2.17. The zero-order valence-electron chi connectivity index (χ0n) is 19.5. The van der Waals surface area contributed by atoms with Gasteiger partial charge >= 0.3 is 5.97 Å².